The Bertz CT molecular complexity index is 771. The molecule has 2 aromatic heterocycles. The molecule has 0 bridgehead atoms. The van der Waals surface area contributed by atoms with Gasteiger partial charge in [0.1, 0.15) is 0 Å². The molecule has 0 saturated heterocycles. The maximum Gasteiger partial charge on any atom is 0.251 e. The fourth-order valence-electron chi connectivity index (χ4n) is 2.78. The molecule has 94 valence electrons. The number of aromatic amines is 1. The summed E-state index contributed by atoms with van der Waals surface area (Å²) in [6.45, 7) is 0.693. The van der Waals surface area contributed by atoms with Gasteiger partial charge in [-0.3, -0.25) is 4.79 Å². The molecule has 4 rings (SSSR count). The maximum atomic E-state index is 12.1. The van der Waals surface area contributed by atoms with E-state index in [9.17, 15) is 4.79 Å². The highest BCUT2D eigenvalue weighted by atomic mass is 32.1. The SMILES string of the molecule is O=C1NCCc2c(-c3cccs3)[nH]c3cccc1c23. The van der Waals surface area contributed by atoms with Gasteiger partial charge in [0.05, 0.1) is 10.6 Å². The molecule has 1 aromatic carbocycles. The summed E-state index contributed by atoms with van der Waals surface area (Å²) in [5.41, 5.74) is 4.25. The predicted octanol–water partition coefficient (Wildman–Crippen LogP) is 3.18. The van der Waals surface area contributed by atoms with Gasteiger partial charge in [0.25, 0.3) is 5.91 Å². The van der Waals surface area contributed by atoms with Gasteiger partial charge in [-0.2, -0.15) is 0 Å². The normalized spacial score (nSPS) is 14.4. The Kier molecular flexibility index (Phi) is 2.26. The quantitative estimate of drug-likeness (QED) is 0.699. The number of thiophene rings is 1. The lowest BCUT2D eigenvalue weighted by atomic mass is 10.0. The third-order valence-corrected chi connectivity index (χ3v) is 4.49. The lowest BCUT2D eigenvalue weighted by Gasteiger charge is -2.01. The first-order valence-electron chi connectivity index (χ1n) is 6.30. The van der Waals surface area contributed by atoms with Crippen LogP contribution < -0.4 is 5.32 Å². The molecule has 1 aliphatic rings. The van der Waals surface area contributed by atoms with Gasteiger partial charge in [-0.15, -0.1) is 11.3 Å². The summed E-state index contributed by atoms with van der Waals surface area (Å²) in [5, 5.41) is 6.12. The summed E-state index contributed by atoms with van der Waals surface area (Å²) in [4.78, 5) is 16.8. The molecule has 0 fully saturated rings. The zero-order chi connectivity index (χ0) is 12.8. The van der Waals surface area contributed by atoms with Crippen LogP contribution in [0.4, 0.5) is 0 Å². The molecule has 3 aromatic rings. The average molecular weight is 268 g/mol. The van der Waals surface area contributed by atoms with Crippen molar-refractivity contribution < 1.29 is 4.79 Å². The molecule has 3 heterocycles. The third kappa shape index (κ3) is 1.53. The molecular weight excluding hydrogens is 256 g/mol. The van der Waals surface area contributed by atoms with E-state index in [1.54, 1.807) is 11.3 Å². The Morgan fingerprint density at radius 1 is 1.16 bits per heavy atom. The van der Waals surface area contributed by atoms with Gasteiger partial charge >= 0.3 is 0 Å². The van der Waals surface area contributed by atoms with Crippen LogP contribution in [0.3, 0.4) is 0 Å². The van der Waals surface area contributed by atoms with Crippen LogP contribution in [0.1, 0.15) is 15.9 Å². The van der Waals surface area contributed by atoms with Crippen molar-refractivity contribution >= 4 is 28.1 Å². The number of hydrogen-bond acceptors (Lipinski definition) is 2. The molecule has 0 saturated carbocycles. The number of nitrogens with one attached hydrogen (secondary N) is 2. The molecule has 1 amide bonds. The van der Waals surface area contributed by atoms with Gasteiger partial charge in [-0.1, -0.05) is 12.1 Å². The predicted molar refractivity (Wildman–Crippen MR) is 77.6 cm³/mol. The van der Waals surface area contributed by atoms with Gasteiger partial charge in [0.15, 0.2) is 0 Å². The molecule has 0 spiro atoms. The fraction of sp³-hybridized carbons (Fsp3) is 0.133. The maximum absolute atomic E-state index is 12.1. The van der Waals surface area contributed by atoms with E-state index in [1.165, 1.54) is 10.4 Å². The Hall–Kier alpha value is -2.07. The van der Waals surface area contributed by atoms with E-state index < -0.39 is 0 Å². The molecule has 3 nitrogen and oxygen atoms in total. The van der Waals surface area contributed by atoms with Crippen molar-refractivity contribution in [1.82, 2.24) is 10.3 Å². The van der Waals surface area contributed by atoms with E-state index in [4.69, 9.17) is 0 Å². The number of aromatic nitrogens is 1. The second-order valence-corrected chi connectivity index (χ2v) is 5.64. The molecule has 1 aliphatic heterocycles. The summed E-state index contributed by atoms with van der Waals surface area (Å²) < 4.78 is 0. The minimum atomic E-state index is 0.0288. The lowest BCUT2D eigenvalue weighted by Crippen LogP contribution is -2.23. The van der Waals surface area contributed by atoms with Crippen LogP contribution in [0.25, 0.3) is 21.5 Å². The topological polar surface area (TPSA) is 44.9 Å². The van der Waals surface area contributed by atoms with Crippen LogP contribution in [0, 0.1) is 0 Å². The van der Waals surface area contributed by atoms with Gasteiger partial charge in [-0.05, 0) is 35.6 Å². The van der Waals surface area contributed by atoms with Crippen LogP contribution in [-0.2, 0) is 6.42 Å². The Morgan fingerprint density at radius 3 is 2.95 bits per heavy atom. The average Bonchev–Trinajstić information content (AvgIpc) is 3.01. The largest absolute Gasteiger partial charge is 0.354 e. The number of carbonyl (C=O) groups is 1. The number of hydrogen-bond donors (Lipinski definition) is 2. The molecule has 0 unspecified atom stereocenters. The second kappa shape index (κ2) is 3.96. The van der Waals surface area contributed by atoms with Crippen molar-refractivity contribution in [3.63, 3.8) is 0 Å². The zero-order valence-corrected chi connectivity index (χ0v) is 11.0. The van der Waals surface area contributed by atoms with E-state index in [2.05, 4.69) is 27.8 Å². The molecule has 0 aliphatic carbocycles. The monoisotopic (exact) mass is 268 g/mol. The van der Waals surface area contributed by atoms with Gasteiger partial charge in [0.2, 0.25) is 0 Å². The first-order chi connectivity index (χ1) is 9.34. The number of benzene rings is 1. The third-order valence-electron chi connectivity index (χ3n) is 3.60. The standard InChI is InChI=1S/C15H12N2OS/c18-15-10-3-1-4-11-13(10)9(6-7-16-15)14(17-11)12-5-2-8-19-12/h1-5,8,17H,6-7H2,(H,16,18). The van der Waals surface area contributed by atoms with E-state index in [0.29, 0.717) is 6.54 Å². The van der Waals surface area contributed by atoms with Crippen molar-refractivity contribution in [1.29, 1.82) is 0 Å². The van der Waals surface area contributed by atoms with Crippen LogP contribution in [0.15, 0.2) is 35.7 Å². The summed E-state index contributed by atoms with van der Waals surface area (Å²) in [6.07, 6.45) is 0.871. The lowest BCUT2D eigenvalue weighted by molar-refractivity contribution is 0.0957. The van der Waals surface area contributed by atoms with E-state index in [1.807, 2.05) is 18.2 Å². The van der Waals surface area contributed by atoms with Crippen molar-refractivity contribution in [2.45, 2.75) is 6.42 Å². The van der Waals surface area contributed by atoms with Crippen LogP contribution in [-0.4, -0.2) is 17.4 Å². The first kappa shape index (κ1) is 10.8. The molecule has 2 N–H and O–H groups in total. The number of H-pyrrole nitrogens is 1. The van der Waals surface area contributed by atoms with E-state index in [-0.39, 0.29) is 5.91 Å². The minimum absolute atomic E-state index is 0.0288. The van der Waals surface area contributed by atoms with Crippen LogP contribution >= 0.6 is 11.3 Å². The molecule has 0 atom stereocenters. The van der Waals surface area contributed by atoms with Crippen LogP contribution in [0.5, 0.6) is 0 Å². The number of amides is 1. The van der Waals surface area contributed by atoms with Crippen LogP contribution in [0.2, 0.25) is 0 Å². The van der Waals surface area contributed by atoms with Gasteiger partial charge in [-0.25, -0.2) is 0 Å². The molecule has 19 heavy (non-hydrogen) atoms. The Labute approximate surface area is 114 Å². The highest BCUT2D eigenvalue weighted by molar-refractivity contribution is 7.13. The second-order valence-electron chi connectivity index (χ2n) is 4.69. The van der Waals surface area contributed by atoms with Gasteiger partial charge < -0.3 is 10.3 Å². The summed E-state index contributed by atoms with van der Waals surface area (Å²) in [5.74, 6) is 0.0288. The highest BCUT2D eigenvalue weighted by Crippen LogP contribution is 2.35. The van der Waals surface area contributed by atoms with Crippen molar-refractivity contribution in [3.8, 4) is 10.6 Å². The zero-order valence-electron chi connectivity index (χ0n) is 10.2. The Balaban J connectivity index is 2.10. The molecule has 0 radical (unpaired) electrons. The molecular formula is C15H12N2OS. The van der Waals surface area contributed by atoms with Gasteiger partial charge in [0, 0.05) is 23.0 Å². The summed E-state index contributed by atoms with van der Waals surface area (Å²) >= 11 is 1.72. The van der Waals surface area contributed by atoms with E-state index in [0.717, 1.165) is 28.6 Å². The highest BCUT2D eigenvalue weighted by Gasteiger charge is 2.22. The summed E-state index contributed by atoms with van der Waals surface area (Å²) in [6, 6.07) is 10.0. The first-order valence-corrected chi connectivity index (χ1v) is 7.18. The molecule has 4 heteroatoms. The van der Waals surface area contributed by atoms with Crippen molar-refractivity contribution in [2.24, 2.45) is 0 Å². The number of rotatable bonds is 1. The van der Waals surface area contributed by atoms with Crippen molar-refractivity contribution in [3.05, 3.63) is 46.8 Å². The van der Waals surface area contributed by atoms with E-state index >= 15 is 0 Å². The fourth-order valence-corrected chi connectivity index (χ4v) is 3.54. The summed E-state index contributed by atoms with van der Waals surface area (Å²) in [7, 11) is 0. The van der Waals surface area contributed by atoms with Crippen molar-refractivity contribution in [2.75, 3.05) is 6.54 Å². The Morgan fingerprint density at radius 2 is 2.11 bits per heavy atom. The minimum Gasteiger partial charge on any atom is -0.354 e. The smallest absolute Gasteiger partial charge is 0.251 e. The number of carbonyl (C=O) groups excluding carboxylic acids is 1.